The molecule has 0 amide bonds. The van der Waals surface area contributed by atoms with Gasteiger partial charge >= 0.3 is 0 Å². The molecule has 0 aromatic heterocycles. The van der Waals surface area contributed by atoms with Gasteiger partial charge < -0.3 is 4.90 Å². The molecule has 0 atom stereocenters. The van der Waals surface area contributed by atoms with Crippen molar-refractivity contribution in [2.75, 3.05) is 4.90 Å². The molecule has 0 aliphatic carbocycles. The second-order valence-corrected chi connectivity index (χ2v) is 4.19. The number of hydrogen-bond acceptors (Lipinski definition) is 1. The van der Waals surface area contributed by atoms with Gasteiger partial charge in [0.05, 0.1) is 0 Å². The molecule has 0 saturated carbocycles. The minimum atomic E-state index is 1.02. The zero-order valence-electron chi connectivity index (χ0n) is 12.4. The molecule has 0 unspecified atom stereocenters. The average Bonchev–Trinajstić information content (AvgIpc) is 2.44. The summed E-state index contributed by atoms with van der Waals surface area (Å²) < 4.78 is 0. The van der Waals surface area contributed by atoms with Crippen molar-refractivity contribution in [3.05, 3.63) is 72.4 Å². The monoisotopic (exact) mass is 253 g/mol. The fourth-order valence-electron chi connectivity index (χ4n) is 1.96. The number of hydrogen-bond donors (Lipinski definition) is 0. The van der Waals surface area contributed by atoms with Gasteiger partial charge in [-0.15, -0.1) is 0 Å². The Labute approximate surface area is 117 Å². The first kappa shape index (κ1) is 15.0. The summed E-state index contributed by atoms with van der Waals surface area (Å²) in [6, 6.07) is 18.7. The minimum absolute atomic E-state index is 1.02. The number of benzene rings is 2. The van der Waals surface area contributed by atoms with E-state index in [2.05, 4.69) is 54.8 Å². The topological polar surface area (TPSA) is 3.24 Å². The van der Waals surface area contributed by atoms with Crippen molar-refractivity contribution in [2.24, 2.45) is 0 Å². The van der Waals surface area contributed by atoms with Crippen molar-refractivity contribution in [2.45, 2.75) is 27.7 Å². The molecule has 2 rings (SSSR count). The van der Waals surface area contributed by atoms with E-state index in [9.17, 15) is 0 Å². The lowest BCUT2D eigenvalue weighted by molar-refractivity contribution is 1.15. The van der Waals surface area contributed by atoms with Gasteiger partial charge in [-0.3, -0.25) is 0 Å². The highest BCUT2D eigenvalue weighted by Crippen LogP contribution is 2.30. The molecule has 0 radical (unpaired) electrons. The van der Waals surface area contributed by atoms with Gasteiger partial charge in [-0.25, -0.2) is 0 Å². The Morgan fingerprint density at radius 1 is 0.895 bits per heavy atom. The predicted molar refractivity (Wildman–Crippen MR) is 85.9 cm³/mol. The summed E-state index contributed by atoms with van der Waals surface area (Å²) in [7, 11) is 0. The summed E-state index contributed by atoms with van der Waals surface area (Å²) in [6.45, 7) is 12.2. The van der Waals surface area contributed by atoms with Crippen molar-refractivity contribution >= 4 is 11.4 Å². The lowest BCUT2D eigenvalue weighted by Gasteiger charge is -2.26. The first-order valence-electron chi connectivity index (χ1n) is 6.76. The largest absolute Gasteiger partial charge is 0.315 e. The normalized spacial score (nSPS) is 9.26. The summed E-state index contributed by atoms with van der Waals surface area (Å²) >= 11 is 0. The van der Waals surface area contributed by atoms with Crippen LogP contribution in [-0.4, -0.2) is 0 Å². The molecule has 2 aromatic carbocycles. The van der Waals surface area contributed by atoms with Gasteiger partial charge in [0.2, 0.25) is 0 Å². The predicted octanol–water partition coefficient (Wildman–Crippen LogP) is 5.69. The average molecular weight is 253 g/mol. The van der Waals surface area contributed by atoms with Gasteiger partial charge in [-0.1, -0.05) is 56.8 Å². The van der Waals surface area contributed by atoms with E-state index >= 15 is 0 Å². The fourth-order valence-corrected chi connectivity index (χ4v) is 1.96. The molecule has 0 aliphatic heterocycles. The smallest absolute Gasteiger partial charge is 0.0487 e. The Balaban J connectivity index is 0.000000861. The van der Waals surface area contributed by atoms with Crippen LogP contribution >= 0.6 is 0 Å². The minimum Gasteiger partial charge on any atom is -0.315 e. The van der Waals surface area contributed by atoms with Crippen LogP contribution in [0.5, 0.6) is 0 Å². The Hall–Kier alpha value is -2.02. The molecule has 0 heterocycles. The third-order valence-electron chi connectivity index (χ3n) is 2.75. The van der Waals surface area contributed by atoms with Crippen LogP contribution in [0.2, 0.25) is 0 Å². The molecule has 0 bridgehead atoms. The van der Waals surface area contributed by atoms with Crippen LogP contribution in [0.4, 0.5) is 11.4 Å². The van der Waals surface area contributed by atoms with Gasteiger partial charge in [0.15, 0.2) is 0 Å². The van der Waals surface area contributed by atoms with E-state index in [1.807, 2.05) is 39.0 Å². The third-order valence-corrected chi connectivity index (χ3v) is 2.75. The summed E-state index contributed by atoms with van der Waals surface area (Å²) in [5.41, 5.74) is 4.60. The molecule has 100 valence electrons. The SMILES string of the molecule is C=C(C)N(c1ccccc1)c1ccccc1C.CC. The van der Waals surface area contributed by atoms with Crippen LogP contribution in [0, 0.1) is 6.92 Å². The number of nitrogens with zero attached hydrogens (tertiary/aromatic N) is 1. The first-order valence-corrected chi connectivity index (χ1v) is 6.76. The summed E-state index contributed by atoms with van der Waals surface area (Å²) in [5.74, 6) is 0. The van der Waals surface area contributed by atoms with Crippen molar-refractivity contribution in [3.8, 4) is 0 Å². The summed E-state index contributed by atoms with van der Waals surface area (Å²) in [6.07, 6.45) is 0. The Bertz CT molecular complexity index is 514. The van der Waals surface area contributed by atoms with E-state index in [0.717, 1.165) is 11.4 Å². The fraction of sp³-hybridized carbons (Fsp3) is 0.222. The van der Waals surface area contributed by atoms with E-state index in [1.165, 1.54) is 11.3 Å². The maximum atomic E-state index is 4.08. The van der Waals surface area contributed by atoms with E-state index in [4.69, 9.17) is 0 Å². The molecule has 19 heavy (non-hydrogen) atoms. The molecule has 1 nitrogen and oxygen atoms in total. The van der Waals surface area contributed by atoms with Crippen LogP contribution in [0.25, 0.3) is 0 Å². The number of aryl methyl sites for hydroxylation is 1. The second kappa shape index (κ2) is 7.42. The van der Waals surface area contributed by atoms with E-state index in [0.29, 0.717) is 0 Å². The van der Waals surface area contributed by atoms with E-state index in [1.54, 1.807) is 0 Å². The Morgan fingerprint density at radius 2 is 1.42 bits per heavy atom. The number of para-hydroxylation sites is 2. The first-order chi connectivity index (χ1) is 9.20. The van der Waals surface area contributed by atoms with Gasteiger partial charge in [0.25, 0.3) is 0 Å². The van der Waals surface area contributed by atoms with Crippen LogP contribution in [0.15, 0.2) is 66.9 Å². The molecular weight excluding hydrogens is 230 g/mol. The number of rotatable bonds is 3. The van der Waals surface area contributed by atoms with Crippen molar-refractivity contribution in [3.63, 3.8) is 0 Å². The van der Waals surface area contributed by atoms with Crippen LogP contribution in [-0.2, 0) is 0 Å². The highest BCUT2D eigenvalue weighted by atomic mass is 15.1. The van der Waals surface area contributed by atoms with Gasteiger partial charge in [-0.2, -0.15) is 0 Å². The molecule has 1 heteroatoms. The summed E-state index contributed by atoms with van der Waals surface area (Å²) in [4.78, 5) is 2.18. The second-order valence-electron chi connectivity index (χ2n) is 4.19. The third kappa shape index (κ3) is 3.72. The van der Waals surface area contributed by atoms with Crippen LogP contribution in [0.3, 0.4) is 0 Å². The Morgan fingerprint density at radius 3 is 1.95 bits per heavy atom. The zero-order chi connectivity index (χ0) is 14.3. The molecule has 0 N–H and O–H groups in total. The highest BCUT2D eigenvalue weighted by molar-refractivity contribution is 5.70. The number of anilines is 2. The van der Waals surface area contributed by atoms with Crippen molar-refractivity contribution < 1.29 is 0 Å². The molecular formula is C18H23N. The molecule has 0 spiro atoms. The summed E-state index contributed by atoms with van der Waals surface area (Å²) in [5, 5.41) is 0. The number of allylic oxidation sites excluding steroid dienone is 1. The van der Waals surface area contributed by atoms with E-state index in [-0.39, 0.29) is 0 Å². The van der Waals surface area contributed by atoms with Gasteiger partial charge in [-0.05, 0) is 37.6 Å². The Kier molecular flexibility index (Phi) is 5.87. The molecule has 2 aromatic rings. The quantitative estimate of drug-likeness (QED) is 0.679. The van der Waals surface area contributed by atoms with Crippen molar-refractivity contribution in [1.82, 2.24) is 0 Å². The zero-order valence-corrected chi connectivity index (χ0v) is 12.4. The van der Waals surface area contributed by atoms with Gasteiger partial charge in [0.1, 0.15) is 0 Å². The van der Waals surface area contributed by atoms with Gasteiger partial charge in [0, 0.05) is 17.1 Å². The highest BCUT2D eigenvalue weighted by Gasteiger charge is 2.11. The lowest BCUT2D eigenvalue weighted by Crippen LogP contribution is -2.14. The lowest BCUT2D eigenvalue weighted by atomic mass is 10.1. The maximum Gasteiger partial charge on any atom is 0.0487 e. The molecule has 0 saturated heterocycles. The van der Waals surface area contributed by atoms with E-state index < -0.39 is 0 Å². The van der Waals surface area contributed by atoms with Crippen molar-refractivity contribution in [1.29, 1.82) is 0 Å². The maximum absolute atomic E-state index is 4.08. The van der Waals surface area contributed by atoms with Crippen LogP contribution in [0.1, 0.15) is 26.3 Å². The van der Waals surface area contributed by atoms with Crippen LogP contribution < -0.4 is 4.90 Å². The molecule has 0 fully saturated rings. The molecule has 0 aliphatic rings. The standard InChI is InChI=1S/C16H17N.C2H6/c1-13(2)17(15-10-5-4-6-11-15)16-12-8-7-9-14(16)3;1-2/h4-12H,1H2,2-3H3;1-2H3.